The van der Waals surface area contributed by atoms with E-state index >= 15 is 0 Å². The van der Waals surface area contributed by atoms with Crippen LogP contribution in [0.5, 0.6) is 0 Å². The third-order valence-electron chi connectivity index (χ3n) is 5.06. The molecule has 1 aromatic heterocycles. The molecule has 1 aliphatic rings. The van der Waals surface area contributed by atoms with Crippen LogP contribution in [0, 0.1) is 19.8 Å². The molecule has 3 nitrogen and oxygen atoms in total. The first kappa shape index (κ1) is 15.6. The van der Waals surface area contributed by atoms with E-state index in [-0.39, 0.29) is 0 Å². The SMILES string of the molecule is CCNC(C)c1c(C)nn(C2CCC(CC)CC2)c1C. The van der Waals surface area contributed by atoms with Crippen LogP contribution in [0.15, 0.2) is 0 Å². The van der Waals surface area contributed by atoms with Crippen molar-refractivity contribution in [2.45, 2.75) is 78.8 Å². The molecular formula is C17H31N3. The highest BCUT2D eigenvalue weighted by molar-refractivity contribution is 5.28. The lowest BCUT2D eigenvalue weighted by Gasteiger charge is -2.29. The van der Waals surface area contributed by atoms with E-state index < -0.39 is 0 Å². The number of rotatable bonds is 5. The van der Waals surface area contributed by atoms with Crippen molar-refractivity contribution in [3.05, 3.63) is 17.0 Å². The summed E-state index contributed by atoms with van der Waals surface area (Å²) in [5.41, 5.74) is 3.98. The molecule has 0 saturated heterocycles. The Labute approximate surface area is 124 Å². The Bertz CT molecular complexity index is 428. The molecule has 0 bridgehead atoms. The van der Waals surface area contributed by atoms with Gasteiger partial charge in [0.25, 0.3) is 0 Å². The summed E-state index contributed by atoms with van der Waals surface area (Å²) >= 11 is 0. The molecule has 0 amide bonds. The van der Waals surface area contributed by atoms with Gasteiger partial charge in [-0.3, -0.25) is 4.68 Å². The van der Waals surface area contributed by atoms with Gasteiger partial charge in [-0.25, -0.2) is 0 Å². The van der Waals surface area contributed by atoms with E-state index in [0.717, 1.165) is 12.5 Å². The monoisotopic (exact) mass is 277 g/mol. The molecule has 3 heteroatoms. The Hall–Kier alpha value is -0.830. The molecule has 114 valence electrons. The minimum absolute atomic E-state index is 0.403. The molecule has 0 spiro atoms. The molecule has 1 heterocycles. The average molecular weight is 277 g/mol. The van der Waals surface area contributed by atoms with Crippen LogP contribution >= 0.6 is 0 Å². The third-order valence-corrected chi connectivity index (χ3v) is 5.06. The number of nitrogens with one attached hydrogen (secondary N) is 1. The summed E-state index contributed by atoms with van der Waals surface area (Å²) in [5.74, 6) is 0.948. The van der Waals surface area contributed by atoms with Crippen LogP contribution in [-0.4, -0.2) is 16.3 Å². The molecular weight excluding hydrogens is 246 g/mol. The quantitative estimate of drug-likeness (QED) is 0.869. The van der Waals surface area contributed by atoms with Crippen LogP contribution in [0.3, 0.4) is 0 Å². The molecule has 1 atom stereocenters. The first-order valence-corrected chi connectivity index (χ1v) is 8.37. The molecule has 20 heavy (non-hydrogen) atoms. The summed E-state index contributed by atoms with van der Waals surface area (Å²) < 4.78 is 2.32. The molecule has 1 aromatic rings. The maximum atomic E-state index is 4.86. The zero-order valence-corrected chi connectivity index (χ0v) is 13.9. The van der Waals surface area contributed by atoms with Crippen molar-refractivity contribution in [1.82, 2.24) is 15.1 Å². The molecule has 1 fully saturated rings. The predicted molar refractivity (Wildman–Crippen MR) is 85.1 cm³/mol. The fourth-order valence-electron chi connectivity index (χ4n) is 3.86. The molecule has 0 aromatic carbocycles. The highest BCUT2D eigenvalue weighted by Gasteiger charge is 2.25. The van der Waals surface area contributed by atoms with Gasteiger partial charge in [-0.05, 0) is 58.9 Å². The highest BCUT2D eigenvalue weighted by Crippen LogP contribution is 2.35. The van der Waals surface area contributed by atoms with E-state index in [2.05, 4.69) is 44.6 Å². The van der Waals surface area contributed by atoms with Crippen molar-refractivity contribution < 1.29 is 0 Å². The number of aromatic nitrogens is 2. The van der Waals surface area contributed by atoms with E-state index in [4.69, 9.17) is 5.10 Å². The number of hydrogen-bond donors (Lipinski definition) is 1. The van der Waals surface area contributed by atoms with Gasteiger partial charge in [0, 0.05) is 17.3 Å². The summed E-state index contributed by atoms with van der Waals surface area (Å²) in [7, 11) is 0. The van der Waals surface area contributed by atoms with Crippen LogP contribution in [0.25, 0.3) is 0 Å². The normalized spacial score (nSPS) is 24.9. The predicted octanol–water partition coefficient (Wildman–Crippen LogP) is 4.31. The van der Waals surface area contributed by atoms with Crippen molar-refractivity contribution in [3.63, 3.8) is 0 Å². The van der Waals surface area contributed by atoms with Crippen molar-refractivity contribution in [3.8, 4) is 0 Å². The molecule has 0 aliphatic heterocycles. The Morgan fingerprint density at radius 2 is 1.85 bits per heavy atom. The van der Waals surface area contributed by atoms with Gasteiger partial charge >= 0.3 is 0 Å². The Morgan fingerprint density at radius 1 is 1.20 bits per heavy atom. The van der Waals surface area contributed by atoms with Crippen LogP contribution in [-0.2, 0) is 0 Å². The number of aryl methyl sites for hydroxylation is 1. The van der Waals surface area contributed by atoms with Gasteiger partial charge in [-0.2, -0.15) is 5.10 Å². The van der Waals surface area contributed by atoms with E-state index in [1.165, 1.54) is 49.1 Å². The van der Waals surface area contributed by atoms with Crippen molar-refractivity contribution in [1.29, 1.82) is 0 Å². The molecule has 1 aliphatic carbocycles. The maximum Gasteiger partial charge on any atom is 0.0644 e. The van der Waals surface area contributed by atoms with Crippen molar-refractivity contribution in [2.75, 3.05) is 6.54 Å². The Morgan fingerprint density at radius 3 is 2.40 bits per heavy atom. The molecule has 0 radical (unpaired) electrons. The van der Waals surface area contributed by atoms with Gasteiger partial charge in [-0.1, -0.05) is 20.3 Å². The molecule has 1 saturated carbocycles. The van der Waals surface area contributed by atoms with Crippen molar-refractivity contribution >= 4 is 0 Å². The first-order valence-electron chi connectivity index (χ1n) is 8.37. The van der Waals surface area contributed by atoms with Crippen LogP contribution in [0.1, 0.15) is 81.9 Å². The minimum Gasteiger partial charge on any atom is -0.310 e. The molecule has 2 rings (SSSR count). The molecule has 1 N–H and O–H groups in total. The third kappa shape index (κ3) is 3.08. The fourth-order valence-corrected chi connectivity index (χ4v) is 3.86. The topological polar surface area (TPSA) is 29.9 Å². The van der Waals surface area contributed by atoms with Gasteiger partial charge in [0.05, 0.1) is 11.7 Å². The summed E-state index contributed by atoms with van der Waals surface area (Å²) in [6.07, 6.45) is 6.69. The van der Waals surface area contributed by atoms with E-state index in [9.17, 15) is 0 Å². The zero-order valence-electron chi connectivity index (χ0n) is 13.9. The van der Waals surface area contributed by atoms with E-state index in [1.54, 1.807) is 0 Å². The second kappa shape index (κ2) is 6.75. The van der Waals surface area contributed by atoms with Gasteiger partial charge in [0.1, 0.15) is 0 Å². The number of hydrogen-bond acceptors (Lipinski definition) is 2. The lowest BCUT2D eigenvalue weighted by Crippen LogP contribution is -2.21. The first-order chi connectivity index (χ1) is 9.58. The molecule has 1 unspecified atom stereocenters. The summed E-state index contributed by atoms with van der Waals surface area (Å²) in [6, 6.07) is 1.03. The van der Waals surface area contributed by atoms with Crippen molar-refractivity contribution in [2.24, 2.45) is 5.92 Å². The summed E-state index contributed by atoms with van der Waals surface area (Å²) in [5, 5.41) is 8.39. The Balaban J connectivity index is 2.15. The van der Waals surface area contributed by atoms with E-state index in [0.29, 0.717) is 12.1 Å². The van der Waals surface area contributed by atoms with Crippen LogP contribution in [0.2, 0.25) is 0 Å². The van der Waals surface area contributed by atoms with Gasteiger partial charge < -0.3 is 5.32 Å². The average Bonchev–Trinajstić information content (AvgIpc) is 2.74. The highest BCUT2D eigenvalue weighted by atomic mass is 15.3. The standard InChI is InChI=1S/C17H31N3/c1-6-15-8-10-16(11-9-15)20-14(5)17(13(4)19-20)12(3)18-7-2/h12,15-16,18H,6-11H2,1-5H3. The van der Waals surface area contributed by atoms with Crippen LogP contribution in [0.4, 0.5) is 0 Å². The minimum atomic E-state index is 0.403. The van der Waals surface area contributed by atoms with Crippen LogP contribution < -0.4 is 5.32 Å². The summed E-state index contributed by atoms with van der Waals surface area (Å²) in [6.45, 7) is 12.1. The van der Waals surface area contributed by atoms with Gasteiger partial charge in [-0.15, -0.1) is 0 Å². The summed E-state index contributed by atoms with van der Waals surface area (Å²) in [4.78, 5) is 0. The second-order valence-corrected chi connectivity index (χ2v) is 6.39. The van der Waals surface area contributed by atoms with Gasteiger partial charge in [0.15, 0.2) is 0 Å². The second-order valence-electron chi connectivity index (χ2n) is 6.39. The smallest absolute Gasteiger partial charge is 0.0644 e. The van der Waals surface area contributed by atoms with E-state index in [1.807, 2.05) is 0 Å². The largest absolute Gasteiger partial charge is 0.310 e. The maximum absolute atomic E-state index is 4.86. The number of nitrogens with zero attached hydrogens (tertiary/aromatic N) is 2. The lowest BCUT2D eigenvalue weighted by molar-refractivity contribution is 0.253. The zero-order chi connectivity index (χ0) is 14.7. The fraction of sp³-hybridized carbons (Fsp3) is 0.824. The lowest BCUT2D eigenvalue weighted by atomic mass is 9.84. The van der Waals surface area contributed by atoms with Gasteiger partial charge in [0.2, 0.25) is 0 Å². The Kier molecular flexibility index (Phi) is 5.25.